The van der Waals surface area contributed by atoms with Gasteiger partial charge < -0.3 is 9.84 Å². The summed E-state index contributed by atoms with van der Waals surface area (Å²) in [7, 11) is 0. The zero-order valence-corrected chi connectivity index (χ0v) is 12.7. The minimum Gasteiger partial charge on any atom is -0.492 e. The van der Waals surface area contributed by atoms with Crippen molar-refractivity contribution in [3.8, 4) is 5.75 Å². The van der Waals surface area contributed by atoms with E-state index in [1.54, 1.807) is 12.1 Å². The maximum absolute atomic E-state index is 10.9. The second-order valence-electron chi connectivity index (χ2n) is 4.48. The predicted octanol–water partition coefficient (Wildman–Crippen LogP) is 4.08. The van der Waals surface area contributed by atoms with Crippen molar-refractivity contribution in [2.45, 2.75) is 13.3 Å². The van der Waals surface area contributed by atoms with Crippen molar-refractivity contribution in [2.75, 3.05) is 6.61 Å². The quantitative estimate of drug-likeness (QED) is 0.896. The lowest BCUT2D eigenvalue weighted by atomic mass is 10.1. The minimum atomic E-state index is -0.957. The van der Waals surface area contributed by atoms with Crippen LogP contribution in [-0.4, -0.2) is 17.7 Å². The van der Waals surface area contributed by atoms with Crippen LogP contribution in [0, 0.1) is 6.92 Å². The summed E-state index contributed by atoms with van der Waals surface area (Å²) >= 11 is 3.36. The van der Waals surface area contributed by atoms with Gasteiger partial charge in [0.15, 0.2) is 0 Å². The fourth-order valence-corrected chi connectivity index (χ4v) is 2.27. The molecular formula is C16H15BrO3. The van der Waals surface area contributed by atoms with Gasteiger partial charge in [0.2, 0.25) is 0 Å². The average molecular weight is 335 g/mol. The van der Waals surface area contributed by atoms with Gasteiger partial charge in [-0.15, -0.1) is 0 Å². The van der Waals surface area contributed by atoms with E-state index in [2.05, 4.69) is 35.0 Å². The molecule has 4 heteroatoms. The summed E-state index contributed by atoms with van der Waals surface area (Å²) in [5, 5.41) is 8.97. The molecule has 2 rings (SSSR count). The van der Waals surface area contributed by atoms with Gasteiger partial charge in [-0.05, 0) is 52.2 Å². The van der Waals surface area contributed by atoms with Gasteiger partial charge in [-0.2, -0.15) is 0 Å². The van der Waals surface area contributed by atoms with E-state index in [9.17, 15) is 4.79 Å². The van der Waals surface area contributed by atoms with E-state index in [0.717, 1.165) is 10.9 Å². The lowest BCUT2D eigenvalue weighted by Crippen LogP contribution is -2.04. The molecule has 0 aromatic heterocycles. The summed E-state index contributed by atoms with van der Waals surface area (Å²) in [6.07, 6.45) is 0.788. The highest BCUT2D eigenvalue weighted by Crippen LogP contribution is 2.26. The topological polar surface area (TPSA) is 46.5 Å². The summed E-state index contributed by atoms with van der Waals surface area (Å²) in [6.45, 7) is 2.57. The van der Waals surface area contributed by atoms with Gasteiger partial charge in [-0.3, -0.25) is 0 Å². The number of rotatable bonds is 5. The number of aromatic carboxylic acids is 1. The fraction of sp³-hybridized carbons (Fsp3) is 0.188. The van der Waals surface area contributed by atoms with Crippen molar-refractivity contribution >= 4 is 21.9 Å². The normalized spacial score (nSPS) is 10.3. The van der Waals surface area contributed by atoms with Crippen LogP contribution in [0.4, 0.5) is 0 Å². The largest absolute Gasteiger partial charge is 0.492 e. The molecule has 2 aromatic carbocycles. The number of carboxylic acids is 1. The zero-order valence-electron chi connectivity index (χ0n) is 11.1. The molecule has 0 fully saturated rings. The van der Waals surface area contributed by atoms with Crippen molar-refractivity contribution in [2.24, 2.45) is 0 Å². The molecule has 0 unspecified atom stereocenters. The van der Waals surface area contributed by atoms with Crippen molar-refractivity contribution in [3.05, 3.63) is 63.6 Å². The number of hydrogen-bond acceptors (Lipinski definition) is 2. The van der Waals surface area contributed by atoms with Gasteiger partial charge in [-0.1, -0.05) is 24.3 Å². The number of ether oxygens (including phenoxy) is 1. The fourth-order valence-electron chi connectivity index (χ4n) is 1.91. The monoisotopic (exact) mass is 334 g/mol. The Bertz CT molecular complexity index is 623. The van der Waals surface area contributed by atoms with Gasteiger partial charge in [0, 0.05) is 6.42 Å². The van der Waals surface area contributed by atoms with E-state index >= 15 is 0 Å². The summed E-state index contributed by atoms with van der Waals surface area (Å²) in [5.74, 6) is -0.403. The molecule has 0 heterocycles. The first-order valence-corrected chi connectivity index (χ1v) is 7.07. The van der Waals surface area contributed by atoms with Crippen LogP contribution in [0.15, 0.2) is 46.9 Å². The molecular weight excluding hydrogens is 320 g/mol. The lowest BCUT2D eigenvalue weighted by molar-refractivity contribution is 0.0696. The van der Waals surface area contributed by atoms with Gasteiger partial charge >= 0.3 is 5.97 Å². The summed E-state index contributed by atoms with van der Waals surface area (Å²) in [5.41, 5.74) is 2.69. The van der Waals surface area contributed by atoms with Crippen molar-refractivity contribution < 1.29 is 14.6 Å². The van der Waals surface area contributed by atoms with Crippen LogP contribution in [0.2, 0.25) is 0 Å². The Kier molecular flexibility index (Phi) is 4.79. The van der Waals surface area contributed by atoms with Crippen LogP contribution >= 0.6 is 15.9 Å². The number of halogens is 1. The molecule has 2 aromatic rings. The summed E-state index contributed by atoms with van der Waals surface area (Å²) in [4.78, 5) is 10.9. The van der Waals surface area contributed by atoms with Crippen LogP contribution < -0.4 is 4.74 Å². The average Bonchev–Trinajstić information content (AvgIpc) is 2.42. The second kappa shape index (κ2) is 6.57. The van der Waals surface area contributed by atoms with E-state index in [0.29, 0.717) is 12.4 Å². The van der Waals surface area contributed by atoms with Crippen LogP contribution in [0.5, 0.6) is 5.75 Å². The first-order chi connectivity index (χ1) is 9.58. The summed E-state index contributed by atoms with van der Waals surface area (Å²) < 4.78 is 6.43. The highest BCUT2D eigenvalue weighted by Gasteiger charge is 2.08. The number of hydrogen-bond donors (Lipinski definition) is 1. The molecule has 0 radical (unpaired) electrons. The molecule has 0 aliphatic heterocycles. The van der Waals surface area contributed by atoms with E-state index in [4.69, 9.17) is 9.84 Å². The van der Waals surface area contributed by atoms with Crippen LogP contribution in [-0.2, 0) is 6.42 Å². The third kappa shape index (κ3) is 3.61. The van der Waals surface area contributed by atoms with Crippen LogP contribution in [0.1, 0.15) is 21.5 Å². The Hall–Kier alpha value is -1.81. The molecule has 0 amide bonds. The summed E-state index contributed by atoms with van der Waals surface area (Å²) in [6, 6.07) is 12.9. The Morgan fingerprint density at radius 2 is 2.00 bits per heavy atom. The van der Waals surface area contributed by atoms with Gasteiger partial charge in [0.1, 0.15) is 5.75 Å². The van der Waals surface area contributed by atoms with E-state index in [-0.39, 0.29) is 5.56 Å². The van der Waals surface area contributed by atoms with Gasteiger partial charge in [0.25, 0.3) is 0 Å². The molecule has 104 valence electrons. The molecule has 20 heavy (non-hydrogen) atoms. The Balaban J connectivity index is 2.02. The van der Waals surface area contributed by atoms with Crippen LogP contribution in [0.3, 0.4) is 0 Å². The van der Waals surface area contributed by atoms with E-state index in [1.807, 2.05) is 12.1 Å². The second-order valence-corrected chi connectivity index (χ2v) is 5.33. The Morgan fingerprint density at radius 3 is 2.70 bits per heavy atom. The maximum Gasteiger partial charge on any atom is 0.335 e. The SMILES string of the molecule is Cc1ccccc1CCOc1cc(C(=O)O)ccc1Br. The number of aryl methyl sites for hydroxylation is 1. The third-order valence-electron chi connectivity index (χ3n) is 3.07. The maximum atomic E-state index is 10.9. The predicted molar refractivity (Wildman–Crippen MR) is 81.5 cm³/mol. The van der Waals surface area contributed by atoms with Crippen molar-refractivity contribution in [1.29, 1.82) is 0 Å². The molecule has 0 spiro atoms. The highest BCUT2D eigenvalue weighted by molar-refractivity contribution is 9.10. The molecule has 0 atom stereocenters. The Labute approximate surface area is 126 Å². The molecule has 0 bridgehead atoms. The van der Waals surface area contributed by atoms with E-state index in [1.165, 1.54) is 17.2 Å². The zero-order chi connectivity index (χ0) is 14.5. The molecule has 0 aliphatic rings. The first kappa shape index (κ1) is 14.6. The van der Waals surface area contributed by atoms with E-state index < -0.39 is 5.97 Å². The van der Waals surface area contributed by atoms with Crippen LogP contribution in [0.25, 0.3) is 0 Å². The standard InChI is InChI=1S/C16H15BrO3/c1-11-4-2-3-5-12(11)8-9-20-15-10-13(16(18)19)6-7-14(15)17/h2-7,10H,8-9H2,1H3,(H,18,19). The lowest BCUT2D eigenvalue weighted by Gasteiger charge is -2.10. The number of benzene rings is 2. The molecule has 3 nitrogen and oxygen atoms in total. The molecule has 1 N–H and O–H groups in total. The molecule has 0 saturated carbocycles. The van der Waals surface area contributed by atoms with Gasteiger partial charge in [-0.25, -0.2) is 4.79 Å². The third-order valence-corrected chi connectivity index (χ3v) is 3.72. The number of carboxylic acid groups (broad SMARTS) is 1. The first-order valence-electron chi connectivity index (χ1n) is 6.28. The Morgan fingerprint density at radius 1 is 1.25 bits per heavy atom. The van der Waals surface area contributed by atoms with Crippen molar-refractivity contribution in [1.82, 2.24) is 0 Å². The smallest absolute Gasteiger partial charge is 0.335 e. The van der Waals surface area contributed by atoms with Gasteiger partial charge in [0.05, 0.1) is 16.6 Å². The minimum absolute atomic E-state index is 0.221. The highest BCUT2D eigenvalue weighted by atomic mass is 79.9. The van der Waals surface area contributed by atoms with Crippen molar-refractivity contribution in [3.63, 3.8) is 0 Å². The molecule has 0 aliphatic carbocycles. The number of carbonyl (C=O) groups is 1. The molecule has 0 saturated heterocycles.